The molecule has 36 heavy (non-hydrogen) atoms. The minimum Gasteiger partial charge on any atom is -0.505 e. The van der Waals surface area contributed by atoms with E-state index in [0.717, 1.165) is 18.4 Å². The number of rotatable bonds is 7. The Balaban J connectivity index is 2.19. The predicted molar refractivity (Wildman–Crippen MR) is 157 cm³/mol. The molecule has 3 rings (SSSR count). The summed E-state index contributed by atoms with van der Waals surface area (Å²) in [6.45, 7) is 15.6. The van der Waals surface area contributed by atoms with Crippen molar-refractivity contribution < 1.29 is 18.0 Å². The van der Waals surface area contributed by atoms with Gasteiger partial charge in [0.1, 0.15) is 11.6 Å². The summed E-state index contributed by atoms with van der Waals surface area (Å²) in [5.74, 6) is 0.509. The fourth-order valence-corrected chi connectivity index (χ4v) is 7.89. The maximum atomic E-state index is 11.8. The number of anilines is 2. The van der Waals surface area contributed by atoms with E-state index in [1.165, 1.54) is 0 Å². The molecule has 1 aliphatic heterocycles. The van der Waals surface area contributed by atoms with Crippen LogP contribution in [0.25, 0.3) is 0 Å². The van der Waals surface area contributed by atoms with E-state index < -0.39 is 16.4 Å². The number of nitrogens with one attached hydrogen (secondary N) is 2. The normalized spacial score (nSPS) is 18.4. The summed E-state index contributed by atoms with van der Waals surface area (Å²) in [5, 5.41) is 16.0. The number of aromatic hydroxyl groups is 1. The summed E-state index contributed by atoms with van der Waals surface area (Å²) >= 11 is 10.8. The van der Waals surface area contributed by atoms with Crippen LogP contribution in [0.5, 0.6) is 5.75 Å². The second-order valence-electron chi connectivity index (χ2n) is 11.2. The van der Waals surface area contributed by atoms with E-state index >= 15 is 0 Å². The van der Waals surface area contributed by atoms with Gasteiger partial charge in [0.15, 0.2) is 0 Å². The third-order valence-corrected chi connectivity index (χ3v) is 9.91. The summed E-state index contributed by atoms with van der Waals surface area (Å²) in [7, 11) is -3.47. The van der Waals surface area contributed by atoms with Gasteiger partial charge in [0.25, 0.3) is 0 Å². The first-order chi connectivity index (χ1) is 16.4. The van der Waals surface area contributed by atoms with Gasteiger partial charge < -0.3 is 19.5 Å². The number of thiol groups is 1. The lowest BCUT2D eigenvalue weighted by Gasteiger charge is -2.28. The third kappa shape index (κ3) is 6.30. The van der Waals surface area contributed by atoms with Crippen molar-refractivity contribution in [3.63, 3.8) is 0 Å². The van der Waals surface area contributed by atoms with Gasteiger partial charge in [-0.3, -0.25) is 4.72 Å². The Morgan fingerprint density at radius 3 is 2.42 bits per heavy atom. The van der Waals surface area contributed by atoms with Crippen molar-refractivity contribution >= 4 is 63.4 Å². The van der Waals surface area contributed by atoms with E-state index in [-0.39, 0.29) is 16.6 Å². The smallest absolute Gasteiger partial charge is 0.229 e. The highest BCUT2D eigenvalue weighted by Gasteiger charge is 2.36. The molecule has 1 aromatic carbocycles. The van der Waals surface area contributed by atoms with E-state index in [0.29, 0.717) is 46.3 Å². The molecule has 0 aliphatic carbocycles. The van der Waals surface area contributed by atoms with Crippen LogP contribution >= 0.6 is 19.0 Å². The van der Waals surface area contributed by atoms with E-state index in [1.807, 2.05) is 6.92 Å². The molecule has 2 aromatic rings. The Morgan fingerprint density at radius 1 is 1.25 bits per heavy atom. The quantitative estimate of drug-likeness (QED) is 0.261. The number of amidine groups is 1. The summed E-state index contributed by atoms with van der Waals surface area (Å²) in [6.07, 6.45) is -0.989. The minimum absolute atomic E-state index is 0.100. The number of fused-ring (bicyclic) bond motifs is 1. The molecule has 2 heterocycles. The Labute approximate surface area is 225 Å². The number of benzene rings is 1. The van der Waals surface area contributed by atoms with Gasteiger partial charge in [-0.15, -0.1) is 12.6 Å². The first-order valence-electron chi connectivity index (χ1n) is 11.8. The van der Waals surface area contributed by atoms with Crippen molar-refractivity contribution in [2.24, 2.45) is 10.2 Å². The first-order valence-corrected chi connectivity index (χ1v) is 16.8. The summed E-state index contributed by atoms with van der Waals surface area (Å²) in [4.78, 5) is 0. The summed E-state index contributed by atoms with van der Waals surface area (Å²) in [5.41, 5.74) is 2.05. The van der Waals surface area contributed by atoms with Crippen LogP contribution in [-0.4, -0.2) is 36.8 Å². The molecule has 0 bridgehead atoms. The molecule has 1 atom stereocenters. The number of sulfonamides is 1. The maximum absolute atomic E-state index is 11.8. The number of aromatic nitrogens is 1. The van der Waals surface area contributed by atoms with Crippen molar-refractivity contribution in [1.82, 2.24) is 4.57 Å². The van der Waals surface area contributed by atoms with Gasteiger partial charge in [-0.2, -0.15) is 0 Å². The standard InChI is InChI=1S/C24H37N4O4PS3/c1-9-32-33(35)17-14-15(27-36(8,30)31)10-11-16(17)25-21(26-33)18-19(29)20(24(5,6)7)28(22(18)34)13-12-23(2,3)4/h10-11,14,27,29,34H,9,12-13H2,1-8H3,(H,25,26,35). The van der Waals surface area contributed by atoms with Crippen molar-refractivity contribution in [1.29, 1.82) is 0 Å². The zero-order valence-electron chi connectivity index (χ0n) is 22.1. The summed E-state index contributed by atoms with van der Waals surface area (Å²) in [6, 6.07) is 5.06. The van der Waals surface area contributed by atoms with Crippen molar-refractivity contribution in [3.8, 4) is 5.75 Å². The average molecular weight is 573 g/mol. The van der Waals surface area contributed by atoms with Gasteiger partial charge >= 0.3 is 0 Å². The average Bonchev–Trinajstić information content (AvgIpc) is 2.95. The van der Waals surface area contributed by atoms with Gasteiger partial charge in [0.05, 0.1) is 40.1 Å². The molecule has 1 unspecified atom stereocenters. The lowest BCUT2D eigenvalue weighted by molar-refractivity contribution is 0.333. The largest absolute Gasteiger partial charge is 0.505 e. The molecular formula is C24H37N4O4PS3. The Hall–Kier alpha value is -1.52. The van der Waals surface area contributed by atoms with Gasteiger partial charge in [-0.25, -0.2) is 13.2 Å². The first kappa shape index (κ1) is 29.0. The topological polar surface area (TPSA) is 105 Å². The fourth-order valence-electron chi connectivity index (χ4n) is 4.11. The van der Waals surface area contributed by atoms with Crippen molar-refractivity contribution in [3.05, 3.63) is 29.5 Å². The van der Waals surface area contributed by atoms with Crippen LogP contribution in [0.4, 0.5) is 11.4 Å². The number of nitrogens with zero attached hydrogens (tertiary/aromatic N) is 2. The molecule has 0 amide bonds. The third-order valence-electron chi connectivity index (χ3n) is 5.64. The highest BCUT2D eigenvalue weighted by atomic mass is 32.4. The molecule has 200 valence electrons. The Kier molecular flexibility index (Phi) is 8.05. The van der Waals surface area contributed by atoms with Gasteiger partial charge in [0.2, 0.25) is 16.4 Å². The molecule has 0 saturated heterocycles. The van der Waals surface area contributed by atoms with E-state index in [4.69, 9.17) is 33.7 Å². The van der Waals surface area contributed by atoms with Gasteiger partial charge in [-0.05, 0) is 48.8 Å². The second-order valence-corrected chi connectivity index (χ2v) is 16.9. The molecule has 0 saturated carbocycles. The van der Waals surface area contributed by atoms with Crippen LogP contribution in [0, 0.1) is 5.41 Å². The van der Waals surface area contributed by atoms with Crippen LogP contribution in [-0.2, 0) is 38.3 Å². The zero-order chi connectivity index (χ0) is 27.3. The Bertz CT molecular complexity index is 1350. The molecule has 0 spiro atoms. The number of hydrogen-bond acceptors (Lipinski definition) is 7. The predicted octanol–water partition coefficient (Wildman–Crippen LogP) is 5.43. The molecule has 3 N–H and O–H groups in total. The van der Waals surface area contributed by atoms with Crippen LogP contribution < -0.4 is 15.3 Å². The SMILES string of the molecule is CCOP1(=S)N=C(c2c(O)c(C(C)(C)C)n(CCC(C)(C)C)c2S)Nc2ccc(NS(C)(=O)=O)cc21. The fraction of sp³-hybridized carbons (Fsp3) is 0.542. The second kappa shape index (κ2) is 9.98. The van der Waals surface area contributed by atoms with E-state index in [9.17, 15) is 13.5 Å². The molecule has 1 aromatic heterocycles. The highest BCUT2D eigenvalue weighted by molar-refractivity contribution is 8.15. The van der Waals surface area contributed by atoms with E-state index in [2.05, 4.69) is 56.1 Å². The molecule has 1 aliphatic rings. The number of hydrogen-bond donors (Lipinski definition) is 4. The van der Waals surface area contributed by atoms with Crippen LogP contribution in [0.3, 0.4) is 0 Å². The zero-order valence-corrected chi connectivity index (χ0v) is 25.6. The van der Waals surface area contributed by atoms with Gasteiger partial charge in [0, 0.05) is 17.6 Å². The van der Waals surface area contributed by atoms with Crippen LogP contribution in [0.1, 0.15) is 66.1 Å². The van der Waals surface area contributed by atoms with Gasteiger partial charge in [-0.1, -0.05) is 41.5 Å². The van der Waals surface area contributed by atoms with E-state index in [1.54, 1.807) is 18.2 Å². The van der Waals surface area contributed by atoms with Crippen molar-refractivity contribution in [2.75, 3.05) is 22.9 Å². The van der Waals surface area contributed by atoms with Crippen LogP contribution in [0.15, 0.2) is 28.0 Å². The monoisotopic (exact) mass is 572 g/mol. The lowest BCUT2D eigenvalue weighted by atomic mass is 9.89. The minimum atomic E-state index is -3.47. The molecular weight excluding hydrogens is 535 g/mol. The Morgan fingerprint density at radius 2 is 1.89 bits per heavy atom. The molecule has 8 nitrogen and oxygen atoms in total. The molecule has 12 heteroatoms. The summed E-state index contributed by atoms with van der Waals surface area (Å²) < 4.78 is 38.9. The molecule has 0 radical (unpaired) electrons. The highest BCUT2D eigenvalue weighted by Crippen LogP contribution is 2.54. The molecule has 0 fully saturated rings. The maximum Gasteiger partial charge on any atom is 0.229 e. The van der Waals surface area contributed by atoms with Crippen LogP contribution in [0.2, 0.25) is 0 Å². The van der Waals surface area contributed by atoms with Crippen molar-refractivity contribution in [2.45, 2.75) is 71.9 Å². The lowest BCUT2D eigenvalue weighted by Crippen LogP contribution is -2.26.